The molecule has 0 fully saturated rings. The lowest BCUT2D eigenvalue weighted by atomic mass is 10.2. The van der Waals surface area contributed by atoms with Gasteiger partial charge in [-0.1, -0.05) is 45.2 Å². The molecule has 0 aliphatic heterocycles. The van der Waals surface area contributed by atoms with Crippen LogP contribution in [-0.4, -0.2) is 20.9 Å². The van der Waals surface area contributed by atoms with Crippen LogP contribution in [0.5, 0.6) is 0 Å². The van der Waals surface area contributed by atoms with Crippen LogP contribution in [0.1, 0.15) is 5.56 Å². The van der Waals surface area contributed by atoms with Gasteiger partial charge in [0.2, 0.25) is 5.91 Å². The number of nitrogens with zero attached hydrogens (tertiary/aromatic N) is 1. The lowest BCUT2D eigenvalue weighted by Gasteiger charge is -2.24. The second-order valence-electron chi connectivity index (χ2n) is 6.46. The zero-order valence-electron chi connectivity index (χ0n) is 15.8. The molecule has 0 atom stereocenters. The molecule has 0 radical (unpaired) electrons. The van der Waals surface area contributed by atoms with Crippen molar-refractivity contribution in [1.29, 1.82) is 0 Å². The molecular weight excluding hydrogens is 511 g/mol. The Hall–Kier alpha value is -2.06. The molecule has 0 unspecified atom stereocenters. The summed E-state index contributed by atoms with van der Waals surface area (Å²) in [4.78, 5) is 12.7. The first-order valence-electron chi connectivity index (χ1n) is 8.77. The molecule has 0 bridgehead atoms. The highest BCUT2D eigenvalue weighted by Gasteiger charge is 2.27. The quantitative estimate of drug-likeness (QED) is 0.434. The van der Waals surface area contributed by atoms with Gasteiger partial charge in [-0.2, -0.15) is 0 Å². The van der Waals surface area contributed by atoms with Gasteiger partial charge in [-0.25, -0.2) is 8.42 Å². The Morgan fingerprint density at radius 3 is 2.33 bits per heavy atom. The number of halogens is 3. The summed E-state index contributed by atoms with van der Waals surface area (Å²) in [6.45, 7) is 1.46. The van der Waals surface area contributed by atoms with E-state index in [1.807, 2.05) is 13.0 Å². The van der Waals surface area contributed by atoms with Crippen molar-refractivity contribution in [3.8, 4) is 0 Å². The predicted molar refractivity (Wildman–Crippen MR) is 125 cm³/mol. The molecule has 156 valence electrons. The van der Waals surface area contributed by atoms with Crippen LogP contribution in [0.25, 0.3) is 0 Å². The van der Waals surface area contributed by atoms with Crippen molar-refractivity contribution < 1.29 is 13.2 Å². The minimum Gasteiger partial charge on any atom is -0.325 e. The Bertz CT molecular complexity index is 1190. The summed E-state index contributed by atoms with van der Waals surface area (Å²) >= 11 is 15.4. The summed E-state index contributed by atoms with van der Waals surface area (Å²) in [6, 6.07) is 17.4. The van der Waals surface area contributed by atoms with Crippen LogP contribution in [0.15, 0.2) is 76.1 Å². The minimum absolute atomic E-state index is 0.0131. The number of rotatable bonds is 6. The number of anilines is 2. The maximum Gasteiger partial charge on any atom is 0.264 e. The lowest BCUT2D eigenvalue weighted by Crippen LogP contribution is -2.38. The normalized spacial score (nSPS) is 11.2. The third kappa shape index (κ3) is 5.35. The van der Waals surface area contributed by atoms with Crippen molar-refractivity contribution in [3.63, 3.8) is 0 Å². The number of aryl methyl sites for hydroxylation is 1. The monoisotopic (exact) mass is 526 g/mol. The number of hydrogen-bond donors (Lipinski definition) is 1. The summed E-state index contributed by atoms with van der Waals surface area (Å²) in [6.07, 6.45) is 0. The first-order valence-corrected chi connectivity index (χ1v) is 11.8. The molecule has 3 aromatic carbocycles. The van der Waals surface area contributed by atoms with Crippen LogP contribution in [-0.2, 0) is 14.8 Å². The average molecular weight is 528 g/mol. The molecule has 1 N–H and O–H groups in total. The molecular formula is C21H17BrCl2N2O3S. The van der Waals surface area contributed by atoms with E-state index in [4.69, 9.17) is 23.2 Å². The van der Waals surface area contributed by atoms with Crippen molar-refractivity contribution in [1.82, 2.24) is 0 Å². The van der Waals surface area contributed by atoms with Gasteiger partial charge in [-0.3, -0.25) is 9.10 Å². The van der Waals surface area contributed by atoms with E-state index >= 15 is 0 Å². The Morgan fingerprint density at radius 1 is 1.00 bits per heavy atom. The Labute approximate surface area is 193 Å². The van der Waals surface area contributed by atoms with Crippen molar-refractivity contribution in [3.05, 3.63) is 86.8 Å². The van der Waals surface area contributed by atoms with Crippen molar-refractivity contribution in [2.75, 3.05) is 16.2 Å². The van der Waals surface area contributed by atoms with Gasteiger partial charge < -0.3 is 5.32 Å². The molecule has 0 aliphatic carbocycles. The molecule has 0 saturated heterocycles. The highest BCUT2D eigenvalue weighted by molar-refractivity contribution is 9.10. The molecule has 5 nitrogen and oxygen atoms in total. The highest BCUT2D eigenvalue weighted by atomic mass is 79.9. The van der Waals surface area contributed by atoms with E-state index in [2.05, 4.69) is 21.2 Å². The summed E-state index contributed by atoms with van der Waals surface area (Å²) in [5, 5.41) is 3.50. The fraction of sp³-hybridized carbons (Fsp3) is 0.0952. The third-order valence-electron chi connectivity index (χ3n) is 4.23. The van der Waals surface area contributed by atoms with Gasteiger partial charge in [0.05, 0.1) is 10.6 Å². The number of carbonyl (C=O) groups is 1. The van der Waals surface area contributed by atoms with E-state index in [0.717, 1.165) is 14.3 Å². The van der Waals surface area contributed by atoms with Crippen molar-refractivity contribution >= 4 is 66.4 Å². The van der Waals surface area contributed by atoms with E-state index < -0.39 is 22.5 Å². The van der Waals surface area contributed by atoms with Crippen molar-refractivity contribution in [2.24, 2.45) is 0 Å². The van der Waals surface area contributed by atoms with Gasteiger partial charge in [-0.05, 0) is 73.2 Å². The number of benzene rings is 3. The molecule has 3 aromatic rings. The number of sulfonamides is 1. The largest absolute Gasteiger partial charge is 0.325 e. The number of nitrogens with one attached hydrogen (secondary N) is 1. The maximum atomic E-state index is 13.3. The molecule has 1 amide bonds. The molecule has 0 aliphatic rings. The summed E-state index contributed by atoms with van der Waals surface area (Å²) in [7, 11) is -4.04. The van der Waals surface area contributed by atoms with Gasteiger partial charge in [0.15, 0.2) is 0 Å². The minimum atomic E-state index is -4.04. The van der Waals surface area contributed by atoms with Gasteiger partial charge in [0, 0.05) is 20.2 Å². The molecule has 0 saturated carbocycles. The maximum absolute atomic E-state index is 13.3. The Balaban J connectivity index is 1.94. The Morgan fingerprint density at radius 2 is 1.70 bits per heavy atom. The van der Waals surface area contributed by atoms with Gasteiger partial charge in [0.25, 0.3) is 10.0 Å². The number of amides is 1. The van der Waals surface area contributed by atoms with Crippen LogP contribution >= 0.6 is 39.1 Å². The molecule has 0 heterocycles. The summed E-state index contributed by atoms with van der Waals surface area (Å²) in [5.74, 6) is -0.491. The van der Waals surface area contributed by atoms with Crippen molar-refractivity contribution in [2.45, 2.75) is 11.8 Å². The lowest BCUT2D eigenvalue weighted by molar-refractivity contribution is -0.114. The molecule has 9 heteroatoms. The first kappa shape index (κ1) is 22.6. The van der Waals surface area contributed by atoms with Crippen LogP contribution in [0.4, 0.5) is 11.4 Å². The second-order valence-corrected chi connectivity index (χ2v) is 10.0. The van der Waals surface area contributed by atoms with E-state index in [1.54, 1.807) is 30.3 Å². The van der Waals surface area contributed by atoms with Crippen LogP contribution in [0, 0.1) is 6.92 Å². The zero-order valence-corrected chi connectivity index (χ0v) is 19.7. The zero-order chi connectivity index (χ0) is 21.9. The molecule has 0 aromatic heterocycles. The fourth-order valence-electron chi connectivity index (χ4n) is 2.73. The van der Waals surface area contributed by atoms with E-state index in [0.29, 0.717) is 15.7 Å². The number of hydrogen-bond acceptors (Lipinski definition) is 3. The third-order valence-corrected chi connectivity index (χ3v) is 7.39. The van der Waals surface area contributed by atoms with Crippen LogP contribution < -0.4 is 9.62 Å². The smallest absolute Gasteiger partial charge is 0.264 e. The fourth-order valence-corrected chi connectivity index (χ4v) is 4.70. The molecule has 30 heavy (non-hydrogen) atoms. The summed E-state index contributed by atoms with van der Waals surface area (Å²) in [5.41, 5.74) is 1.78. The Kier molecular flexibility index (Phi) is 7.08. The van der Waals surface area contributed by atoms with Gasteiger partial charge in [0.1, 0.15) is 6.54 Å². The average Bonchev–Trinajstić information content (AvgIpc) is 2.69. The second kappa shape index (κ2) is 9.39. The number of carbonyl (C=O) groups excluding carboxylic acids is 1. The van der Waals surface area contributed by atoms with Crippen LogP contribution in [0.3, 0.4) is 0 Å². The van der Waals surface area contributed by atoms with E-state index in [1.165, 1.54) is 30.3 Å². The summed E-state index contributed by atoms with van der Waals surface area (Å²) < 4.78 is 28.5. The highest BCUT2D eigenvalue weighted by Crippen LogP contribution is 2.27. The predicted octanol–water partition coefficient (Wildman–Crippen LogP) is 5.90. The van der Waals surface area contributed by atoms with E-state index in [-0.39, 0.29) is 10.6 Å². The van der Waals surface area contributed by atoms with Gasteiger partial charge >= 0.3 is 0 Å². The SMILES string of the molecule is Cc1cc(NC(=O)CN(c2cccc(Cl)c2)S(=O)(=O)c2ccc(Cl)cc2)ccc1Br. The topological polar surface area (TPSA) is 66.5 Å². The molecule has 0 spiro atoms. The first-order chi connectivity index (χ1) is 14.2. The molecule has 3 rings (SSSR count). The van der Waals surface area contributed by atoms with Crippen LogP contribution in [0.2, 0.25) is 10.0 Å². The van der Waals surface area contributed by atoms with Gasteiger partial charge in [-0.15, -0.1) is 0 Å². The standard InChI is InChI=1S/C21H17BrCl2N2O3S/c1-14-11-17(7-10-20(14)22)25-21(27)13-26(18-4-2-3-16(24)12-18)30(28,29)19-8-5-15(23)6-9-19/h2-12H,13H2,1H3,(H,25,27). The van der Waals surface area contributed by atoms with E-state index in [9.17, 15) is 13.2 Å².